The molecule has 170 valence electrons. The van der Waals surface area contributed by atoms with E-state index in [-0.39, 0.29) is 18.0 Å². The van der Waals surface area contributed by atoms with Crippen LogP contribution in [0.3, 0.4) is 0 Å². The molecule has 0 unspecified atom stereocenters. The van der Waals surface area contributed by atoms with Gasteiger partial charge < -0.3 is 16.4 Å². The lowest BCUT2D eigenvalue weighted by molar-refractivity contribution is -0.116. The topological polar surface area (TPSA) is 124 Å². The van der Waals surface area contributed by atoms with E-state index in [0.29, 0.717) is 28.9 Å². The third-order valence-corrected chi connectivity index (χ3v) is 6.42. The van der Waals surface area contributed by atoms with Gasteiger partial charge in [0.15, 0.2) is 0 Å². The zero-order valence-corrected chi connectivity index (χ0v) is 18.7. The number of nitrogens with two attached hydrogens (primary N) is 1. The number of nitrogens with one attached hydrogen (secondary N) is 2. The smallest absolute Gasteiger partial charge is 0.268 e. The van der Waals surface area contributed by atoms with Crippen molar-refractivity contribution >= 4 is 50.3 Å². The third-order valence-electron chi connectivity index (χ3n) is 5.35. The largest absolute Gasteiger partial charge is 0.379 e. The van der Waals surface area contributed by atoms with Crippen LogP contribution in [-0.2, 0) is 17.9 Å². The van der Waals surface area contributed by atoms with Crippen LogP contribution in [0.25, 0.3) is 15.6 Å². The molecule has 34 heavy (non-hydrogen) atoms. The number of nitrogens with zero attached hydrogens (tertiary/aromatic N) is 3. The van der Waals surface area contributed by atoms with E-state index in [2.05, 4.69) is 15.7 Å². The maximum atomic E-state index is 12.6. The molecule has 0 radical (unpaired) electrons. The van der Waals surface area contributed by atoms with Crippen LogP contribution in [0.15, 0.2) is 77.9 Å². The SMILES string of the molecule is NC(=O)c1cnn2cccc2c1NCc1cccc(NC(=O)Cn2sc3ccccc3c2=O)c1. The van der Waals surface area contributed by atoms with Gasteiger partial charge in [-0.1, -0.05) is 35.8 Å². The highest BCUT2D eigenvalue weighted by Gasteiger charge is 2.14. The second kappa shape index (κ2) is 8.83. The van der Waals surface area contributed by atoms with Gasteiger partial charge >= 0.3 is 0 Å². The Morgan fingerprint density at radius 2 is 1.91 bits per heavy atom. The molecule has 0 aliphatic rings. The summed E-state index contributed by atoms with van der Waals surface area (Å²) in [6, 6.07) is 18.3. The first-order valence-electron chi connectivity index (χ1n) is 10.5. The van der Waals surface area contributed by atoms with Crippen molar-refractivity contribution in [2.24, 2.45) is 5.73 Å². The fourth-order valence-corrected chi connectivity index (χ4v) is 4.76. The Morgan fingerprint density at radius 3 is 2.74 bits per heavy atom. The molecule has 4 N–H and O–H groups in total. The predicted octanol–water partition coefficient (Wildman–Crippen LogP) is 3.06. The molecule has 0 saturated carbocycles. The van der Waals surface area contributed by atoms with Crippen molar-refractivity contribution in [1.82, 2.24) is 13.6 Å². The van der Waals surface area contributed by atoms with Crippen LogP contribution in [0.2, 0.25) is 0 Å². The number of hydrogen-bond donors (Lipinski definition) is 3. The maximum Gasteiger partial charge on any atom is 0.268 e. The second-order valence-electron chi connectivity index (χ2n) is 7.67. The third kappa shape index (κ3) is 4.14. The Hall–Kier alpha value is -4.44. The molecular weight excluding hydrogens is 452 g/mol. The first-order chi connectivity index (χ1) is 16.5. The Morgan fingerprint density at radius 1 is 1.06 bits per heavy atom. The molecule has 5 aromatic rings. The molecule has 5 rings (SSSR count). The van der Waals surface area contributed by atoms with Crippen molar-refractivity contribution in [2.75, 3.05) is 10.6 Å². The van der Waals surface area contributed by atoms with Gasteiger partial charge in [-0.3, -0.25) is 18.3 Å². The quantitative estimate of drug-likeness (QED) is 0.336. The lowest BCUT2D eigenvalue weighted by Crippen LogP contribution is -2.23. The van der Waals surface area contributed by atoms with Crippen LogP contribution in [-0.4, -0.2) is 25.4 Å². The van der Waals surface area contributed by atoms with Crippen molar-refractivity contribution in [3.8, 4) is 0 Å². The highest BCUT2D eigenvalue weighted by molar-refractivity contribution is 7.13. The monoisotopic (exact) mass is 472 g/mol. The Balaban J connectivity index is 1.30. The van der Waals surface area contributed by atoms with Crippen molar-refractivity contribution in [1.29, 1.82) is 0 Å². The molecule has 0 bridgehead atoms. The van der Waals surface area contributed by atoms with E-state index in [4.69, 9.17) is 5.73 Å². The van der Waals surface area contributed by atoms with Gasteiger partial charge in [0.25, 0.3) is 11.5 Å². The van der Waals surface area contributed by atoms with Crippen LogP contribution in [0.4, 0.5) is 11.4 Å². The van der Waals surface area contributed by atoms with Gasteiger partial charge in [0, 0.05) is 18.4 Å². The summed E-state index contributed by atoms with van der Waals surface area (Å²) in [7, 11) is 0. The van der Waals surface area contributed by atoms with Gasteiger partial charge in [-0.2, -0.15) is 5.10 Å². The summed E-state index contributed by atoms with van der Waals surface area (Å²) in [5.41, 5.74) is 8.46. The molecule has 2 aromatic carbocycles. The minimum Gasteiger partial charge on any atom is -0.379 e. The number of fused-ring (bicyclic) bond motifs is 2. The van der Waals surface area contributed by atoms with Crippen molar-refractivity contribution in [2.45, 2.75) is 13.1 Å². The molecular formula is C24H20N6O3S. The normalized spacial score (nSPS) is 11.1. The average molecular weight is 473 g/mol. The zero-order valence-electron chi connectivity index (χ0n) is 17.9. The van der Waals surface area contributed by atoms with Crippen LogP contribution >= 0.6 is 11.5 Å². The number of amides is 2. The minimum atomic E-state index is -0.573. The number of benzene rings is 2. The Kier molecular flexibility index (Phi) is 5.56. The fourth-order valence-electron chi connectivity index (χ4n) is 3.77. The van der Waals surface area contributed by atoms with Crippen molar-refractivity contribution in [3.05, 3.63) is 94.5 Å². The molecule has 0 atom stereocenters. The fraction of sp³-hybridized carbons (Fsp3) is 0.0833. The summed E-state index contributed by atoms with van der Waals surface area (Å²) in [5, 5.41) is 10.9. The second-order valence-corrected chi connectivity index (χ2v) is 8.73. The molecule has 0 aliphatic carbocycles. The molecule has 2 amide bonds. The van der Waals surface area contributed by atoms with Gasteiger partial charge in [0.2, 0.25) is 5.91 Å². The number of hydrogen-bond acceptors (Lipinski definition) is 6. The summed E-state index contributed by atoms with van der Waals surface area (Å²) >= 11 is 1.27. The molecule has 9 nitrogen and oxygen atoms in total. The number of rotatable bonds is 7. The standard InChI is InChI=1S/C24H20N6O3S/c25-23(32)18-13-27-29-10-4-8-19(29)22(18)26-12-15-5-3-6-16(11-15)28-21(31)14-30-24(33)17-7-1-2-9-20(17)34-30/h1-11,13,26H,12,14H2,(H2,25,32)(H,28,31). The molecule has 0 fully saturated rings. The molecule has 0 spiro atoms. The molecule has 0 saturated heterocycles. The molecule has 0 aliphatic heterocycles. The minimum absolute atomic E-state index is 0.0637. The predicted molar refractivity (Wildman–Crippen MR) is 132 cm³/mol. The van der Waals surface area contributed by atoms with Crippen LogP contribution < -0.4 is 21.9 Å². The zero-order chi connectivity index (χ0) is 23.7. The summed E-state index contributed by atoms with van der Waals surface area (Å²) in [6.45, 7) is 0.330. The van der Waals surface area contributed by atoms with E-state index in [9.17, 15) is 14.4 Å². The molecule has 3 heterocycles. The van der Waals surface area contributed by atoms with E-state index >= 15 is 0 Å². The van der Waals surface area contributed by atoms with Crippen LogP contribution in [0.1, 0.15) is 15.9 Å². The van der Waals surface area contributed by atoms with E-state index in [1.807, 2.05) is 42.5 Å². The van der Waals surface area contributed by atoms with Gasteiger partial charge in [0.05, 0.1) is 33.1 Å². The summed E-state index contributed by atoms with van der Waals surface area (Å²) < 4.78 is 3.95. The number of anilines is 2. The van der Waals surface area contributed by atoms with Crippen molar-refractivity contribution in [3.63, 3.8) is 0 Å². The number of carbonyl (C=O) groups is 2. The number of primary amides is 1. The van der Waals surface area contributed by atoms with E-state index in [1.165, 1.54) is 21.7 Å². The van der Waals surface area contributed by atoms with E-state index in [1.54, 1.807) is 28.9 Å². The molecule has 10 heteroatoms. The Labute approximate surface area is 197 Å². The van der Waals surface area contributed by atoms with E-state index < -0.39 is 5.91 Å². The van der Waals surface area contributed by atoms with Gasteiger partial charge in [-0.15, -0.1) is 0 Å². The lowest BCUT2D eigenvalue weighted by Gasteiger charge is -2.13. The van der Waals surface area contributed by atoms with Gasteiger partial charge in [-0.25, -0.2) is 4.52 Å². The highest BCUT2D eigenvalue weighted by Crippen LogP contribution is 2.23. The maximum absolute atomic E-state index is 12.6. The molecule has 3 aromatic heterocycles. The van der Waals surface area contributed by atoms with Gasteiger partial charge in [0.1, 0.15) is 6.54 Å². The van der Waals surface area contributed by atoms with Crippen LogP contribution in [0, 0.1) is 0 Å². The number of carbonyl (C=O) groups excluding carboxylic acids is 2. The first kappa shape index (κ1) is 21.4. The highest BCUT2D eigenvalue weighted by atomic mass is 32.1. The Bertz CT molecular complexity index is 1600. The summed E-state index contributed by atoms with van der Waals surface area (Å²) in [4.78, 5) is 36.9. The van der Waals surface area contributed by atoms with E-state index in [0.717, 1.165) is 15.8 Å². The summed E-state index contributed by atoms with van der Waals surface area (Å²) in [6.07, 6.45) is 3.22. The van der Waals surface area contributed by atoms with Gasteiger partial charge in [-0.05, 0) is 42.0 Å². The average Bonchev–Trinajstić information content (AvgIpc) is 3.42. The van der Waals surface area contributed by atoms with Crippen LogP contribution in [0.5, 0.6) is 0 Å². The summed E-state index contributed by atoms with van der Waals surface area (Å²) in [5.74, 6) is -0.866. The number of aromatic nitrogens is 3. The van der Waals surface area contributed by atoms with Crippen molar-refractivity contribution < 1.29 is 9.59 Å². The first-order valence-corrected chi connectivity index (χ1v) is 11.2. The lowest BCUT2D eigenvalue weighted by atomic mass is 10.1.